The maximum Gasteiger partial charge on any atom is 0.377 e. The normalized spacial score (nSPS) is 11.0. The van der Waals surface area contributed by atoms with Gasteiger partial charge in [0, 0.05) is 0 Å². The Kier molecular flexibility index (Phi) is 2.55. The molecule has 13 heavy (non-hydrogen) atoms. The second kappa shape index (κ2) is 3.47. The molecule has 0 aromatic carbocycles. The van der Waals surface area contributed by atoms with Gasteiger partial charge in [0.2, 0.25) is 5.82 Å². The van der Waals surface area contributed by atoms with E-state index in [4.69, 9.17) is 4.74 Å². The molecule has 0 fully saturated rings. The van der Waals surface area contributed by atoms with Crippen LogP contribution < -0.4 is 0 Å². The van der Waals surface area contributed by atoms with Crippen molar-refractivity contribution < 1.29 is 9.53 Å². The molecule has 1 rings (SSSR count). The predicted molar refractivity (Wildman–Crippen MR) is 45.0 cm³/mol. The van der Waals surface area contributed by atoms with Gasteiger partial charge in [0.15, 0.2) is 0 Å². The number of rotatable bonds is 1. The molecule has 1 aromatic rings. The fourth-order valence-corrected chi connectivity index (χ4v) is 0.668. The van der Waals surface area contributed by atoms with Gasteiger partial charge < -0.3 is 4.74 Å². The van der Waals surface area contributed by atoms with Gasteiger partial charge in [0.1, 0.15) is 18.3 Å². The van der Waals surface area contributed by atoms with Gasteiger partial charge >= 0.3 is 5.97 Å². The molecule has 0 unspecified atom stereocenters. The Bertz CT molecular complexity index is 292. The highest BCUT2D eigenvalue weighted by atomic mass is 16.6. The summed E-state index contributed by atoms with van der Waals surface area (Å²) >= 11 is 0. The number of esters is 1. The fourth-order valence-electron chi connectivity index (χ4n) is 0.668. The van der Waals surface area contributed by atoms with Crippen LogP contribution in [0.25, 0.3) is 0 Å². The predicted octanol–water partition coefficient (Wildman–Crippen LogP) is 0.827. The van der Waals surface area contributed by atoms with E-state index in [1.807, 2.05) is 0 Å². The Labute approximate surface area is 76.2 Å². The quantitative estimate of drug-likeness (QED) is 0.600. The van der Waals surface area contributed by atoms with Crippen LogP contribution in [0.3, 0.4) is 0 Å². The fraction of sp³-hybridized carbons (Fsp3) is 0.500. The molecule has 0 saturated heterocycles. The van der Waals surface area contributed by atoms with Crippen LogP contribution in [0.15, 0.2) is 12.7 Å². The molecule has 0 saturated carbocycles. The van der Waals surface area contributed by atoms with Crippen molar-refractivity contribution in [3.63, 3.8) is 0 Å². The zero-order valence-electron chi connectivity index (χ0n) is 7.81. The van der Waals surface area contributed by atoms with Crippen LogP contribution in [0.5, 0.6) is 0 Å². The Morgan fingerprint density at radius 1 is 1.31 bits per heavy atom. The summed E-state index contributed by atoms with van der Waals surface area (Å²) in [6.07, 6.45) is 2.51. The molecule has 0 amide bonds. The number of hydrogen-bond acceptors (Lipinski definition) is 5. The Hall–Kier alpha value is -1.52. The lowest BCUT2D eigenvalue weighted by Gasteiger charge is -2.18. The summed E-state index contributed by atoms with van der Waals surface area (Å²) < 4.78 is 5.03. The number of ether oxygens (including phenoxy) is 1. The number of carbonyl (C=O) groups excluding carboxylic acids is 1. The Morgan fingerprint density at radius 3 is 2.31 bits per heavy atom. The summed E-state index contributed by atoms with van der Waals surface area (Å²) in [5.74, 6) is -0.500. The zero-order valence-corrected chi connectivity index (χ0v) is 7.81. The number of hydrogen-bond donors (Lipinski definition) is 0. The van der Waals surface area contributed by atoms with Crippen molar-refractivity contribution in [1.29, 1.82) is 0 Å². The van der Waals surface area contributed by atoms with Gasteiger partial charge in [-0.25, -0.2) is 19.7 Å². The standard InChI is InChI=1S/C8H11N3O2/c1-8(2,3)13-7(12)6-10-4-9-5-11-6/h4-5H,1-3H3. The molecule has 1 aromatic heterocycles. The molecule has 0 aliphatic rings. The first-order valence-electron chi connectivity index (χ1n) is 3.84. The molecule has 0 N–H and O–H groups in total. The van der Waals surface area contributed by atoms with Crippen molar-refractivity contribution >= 4 is 5.97 Å². The van der Waals surface area contributed by atoms with E-state index in [9.17, 15) is 4.79 Å². The summed E-state index contributed by atoms with van der Waals surface area (Å²) in [7, 11) is 0. The van der Waals surface area contributed by atoms with Crippen LogP contribution in [-0.4, -0.2) is 26.5 Å². The lowest BCUT2D eigenvalue weighted by molar-refractivity contribution is 0.00551. The lowest BCUT2D eigenvalue weighted by Crippen LogP contribution is -2.25. The van der Waals surface area contributed by atoms with E-state index >= 15 is 0 Å². The zero-order chi connectivity index (χ0) is 9.90. The van der Waals surface area contributed by atoms with Crippen LogP contribution in [0.2, 0.25) is 0 Å². The van der Waals surface area contributed by atoms with E-state index in [1.165, 1.54) is 12.7 Å². The van der Waals surface area contributed by atoms with Crippen molar-refractivity contribution in [3.05, 3.63) is 18.5 Å². The first-order valence-corrected chi connectivity index (χ1v) is 3.84. The summed E-state index contributed by atoms with van der Waals surface area (Å²) in [4.78, 5) is 22.2. The molecule has 0 spiro atoms. The number of aromatic nitrogens is 3. The van der Waals surface area contributed by atoms with E-state index in [-0.39, 0.29) is 5.82 Å². The average molecular weight is 181 g/mol. The first-order chi connectivity index (χ1) is 5.99. The van der Waals surface area contributed by atoms with Gasteiger partial charge in [-0.05, 0) is 20.8 Å². The van der Waals surface area contributed by atoms with E-state index in [2.05, 4.69) is 15.0 Å². The van der Waals surface area contributed by atoms with Crippen molar-refractivity contribution in [2.75, 3.05) is 0 Å². The molecule has 5 heteroatoms. The average Bonchev–Trinajstić information content (AvgIpc) is 2.03. The van der Waals surface area contributed by atoms with Crippen LogP contribution in [0, 0.1) is 0 Å². The molecule has 0 radical (unpaired) electrons. The molecular weight excluding hydrogens is 170 g/mol. The SMILES string of the molecule is CC(C)(C)OC(=O)c1ncncn1. The Balaban J connectivity index is 2.71. The second-order valence-corrected chi connectivity index (χ2v) is 3.46. The van der Waals surface area contributed by atoms with Crippen molar-refractivity contribution in [2.24, 2.45) is 0 Å². The third-order valence-electron chi connectivity index (χ3n) is 1.07. The van der Waals surface area contributed by atoms with Crippen molar-refractivity contribution in [2.45, 2.75) is 26.4 Å². The minimum Gasteiger partial charge on any atom is -0.454 e. The van der Waals surface area contributed by atoms with Crippen molar-refractivity contribution in [1.82, 2.24) is 15.0 Å². The third kappa shape index (κ3) is 3.14. The minimum absolute atomic E-state index is 0.0323. The molecule has 0 aliphatic heterocycles. The van der Waals surface area contributed by atoms with E-state index in [0.29, 0.717) is 0 Å². The molecule has 5 nitrogen and oxygen atoms in total. The van der Waals surface area contributed by atoms with E-state index < -0.39 is 11.6 Å². The second-order valence-electron chi connectivity index (χ2n) is 3.46. The summed E-state index contributed by atoms with van der Waals surface area (Å²) in [6, 6.07) is 0. The lowest BCUT2D eigenvalue weighted by atomic mass is 10.2. The number of carbonyl (C=O) groups is 1. The monoisotopic (exact) mass is 181 g/mol. The van der Waals surface area contributed by atoms with Crippen LogP contribution in [0.4, 0.5) is 0 Å². The molecule has 1 heterocycles. The molecule has 0 aliphatic carbocycles. The van der Waals surface area contributed by atoms with Gasteiger partial charge in [-0.3, -0.25) is 0 Å². The van der Waals surface area contributed by atoms with Crippen LogP contribution in [-0.2, 0) is 4.74 Å². The molecule has 0 bridgehead atoms. The van der Waals surface area contributed by atoms with Crippen molar-refractivity contribution in [3.8, 4) is 0 Å². The highest BCUT2D eigenvalue weighted by Gasteiger charge is 2.19. The maximum absolute atomic E-state index is 11.3. The van der Waals surface area contributed by atoms with Gasteiger partial charge in [-0.2, -0.15) is 0 Å². The van der Waals surface area contributed by atoms with E-state index in [0.717, 1.165) is 0 Å². The van der Waals surface area contributed by atoms with Crippen LogP contribution >= 0.6 is 0 Å². The first kappa shape index (κ1) is 9.57. The molecule has 0 atom stereocenters. The van der Waals surface area contributed by atoms with Gasteiger partial charge in [-0.1, -0.05) is 0 Å². The topological polar surface area (TPSA) is 65.0 Å². The van der Waals surface area contributed by atoms with E-state index in [1.54, 1.807) is 20.8 Å². The molecule has 70 valence electrons. The van der Waals surface area contributed by atoms with Gasteiger partial charge in [-0.15, -0.1) is 0 Å². The van der Waals surface area contributed by atoms with Gasteiger partial charge in [0.25, 0.3) is 0 Å². The smallest absolute Gasteiger partial charge is 0.377 e. The number of nitrogens with zero attached hydrogens (tertiary/aromatic N) is 3. The maximum atomic E-state index is 11.3. The highest BCUT2D eigenvalue weighted by Crippen LogP contribution is 2.08. The molecular formula is C8H11N3O2. The highest BCUT2D eigenvalue weighted by molar-refractivity contribution is 5.85. The third-order valence-corrected chi connectivity index (χ3v) is 1.07. The van der Waals surface area contributed by atoms with Gasteiger partial charge in [0.05, 0.1) is 0 Å². The summed E-state index contributed by atoms with van der Waals surface area (Å²) in [5.41, 5.74) is -0.524. The largest absolute Gasteiger partial charge is 0.454 e. The minimum atomic E-state index is -0.532. The summed E-state index contributed by atoms with van der Waals surface area (Å²) in [6.45, 7) is 5.35. The van der Waals surface area contributed by atoms with Crippen LogP contribution in [0.1, 0.15) is 31.4 Å². The Morgan fingerprint density at radius 2 is 1.85 bits per heavy atom. The summed E-state index contributed by atoms with van der Waals surface area (Å²) in [5, 5.41) is 0.